The van der Waals surface area contributed by atoms with Crippen LogP contribution in [0.3, 0.4) is 0 Å². The number of hydrogen-bond acceptors (Lipinski definition) is 4. The fourth-order valence-electron chi connectivity index (χ4n) is 0.207. The van der Waals surface area contributed by atoms with Crippen LogP contribution in [0.15, 0.2) is 0 Å². The third-order valence-corrected chi connectivity index (χ3v) is 1.41. The second kappa shape index (κ2) is 4.49. The van der Waals surface area contributed by atoms with Crippen LogP contribution in [0.25, 0.3) is 0 Å². The number of aliphatic hydroxyl groups excluding tert-OH is 2. The third-order valence-electron chi connectivity index (χ3n) is 0.734. The summed E-state index contributed by atoms with van der Waals surface area (Å²) >= 11 is 7.38. The first-order chi connectivity index (χ1) is 3.72. The van der Waals surface area contributed by atoms with Crippen molar-refractivity contribution < 1.29 is 10.2 Å². The molecule has 0 bridgehead atoms. The van der Waals surface area contributed by atoms with Gasteiger partial charge >= 0.3 is 0 Å². The fraction of sp³-hybridized carbons (Fsp3) is 0.750. The Hall–Kier alpha value is 0.620. The van der Waals surface area contributed by atoms with Crippen LogP contribution in [0.4, 0.5) is 0 Å². The van der Waals surface area contributed by atoms with E-state index in [0.717, 1.165) is 0 Å². The highest BCUT2D eigenvalue weighted by Gasteiger charge is 2.11. The monoisotopic (exact) mass is 153 g/mol. The van der Waals surface area contributed by atoms with Crippen molar-refractivity contribution in [2.24, 2.45) is 0 Å². The first kappa shape index (κ1) is 8.62. The lowest BCUT2D eigenvalue weighted by molar-refractivity contribution is 0.0613. The molecule has 0 fully saturated rings. The highest BCUT2D eigenvalue weighted by atomic mass is 32.1. The number of rotatable bonds is 3. The predicted octanol–water partition coefficient (Wildman–Crippen LogP) is -0.270. The standard InChI is InChI=1S/C4H9O2S2/c5-3(1-7)4(6)2-8/h1,3-8H,2H2. The summed E-state index contributed by atoms with van der Waals surface area (Å²) in [5.74, 6) is 1.47. The Kier molecular flexibility index (Phi) is 4.84. The van der Waals surface area contributed by atoms with E-state index < -0.39 is 12.2 Å². The largest absolute Gasteiger partial charge is 0.390 e. The smallest absolute Gasteiger partial charge is 0.0934 e. The average molecular weight is 153 g/mol. The lowest BCUT2D eigenvalue weighted by Gasteiger charge is -2.11. The van der Waals surface area contributed by atoms with Gasteiger partial charge in [0.15, 0.2) is 0 Å². The van der Waals surface area contributed by atoms with Gasteiger partial charge in [-0.2, -0.15) is 25.3 Å². The van der Waals surface area contributed by atoms with Crippen molar-refractivity contribution >= 4 is 25.3 Å². The molecule has 0 aromatic heterocycles. The van der Waals surface area contributed by atoms with Crippen molar-refractivity contribution in [3.8, 4) is 0 Å². The molecule has 0 saturated heterocycles. The van der Waals surface area contributed by atoms with Crippen LogP contribution in [-0.2, 0) is 0 Å². The average Bonchev–Trinajstić information content (AvgIpc) is 1.84. The molecule has 0 spiro atoms. The Morgan fingerprint density at radius 3 is 2.12 bits per heavy atom. The van der Waals surface area contributed by atoms with Crippen molar-refractivity contribution in [3.05, 3.63) is 5.75 Å². The molecule has 8 heavy (non-hydrogen) atoms. The Balaban J connectivity index is 3.29. The molecule has 2 atom stereocenters. The first-order valence-corrected chi connectivity index (χ1v) is 3.31. The molecule has 0 rings (SSSR count). The number of aliphatic hydroxyl groups is 2. The molecule has 0 saturated carbocycles. The molecule has 2 nitrogen and oxygen atoms in total. The number of thiol groups is 2. The zero-order valence-corrected chi connectivity index (χ0v) is 6.02. The van der Waals surface area contributed by atoms with Crippen LogP contribution in [0, 0.1) is 5.75 Å². The normalized spacial score (nSPS) is 18.0. The molecule has 2 unspecified atom stereocenters. The topological polar surface area (TPSA) is 40.5 Å². The third kappa shape index (κ3) is 2.81. The minimum absolute atomic E-state index is 0.248. The van der Waals surface area contributed by atoms with Crippen LogP contribution in [0.2, 0.25) is 0 Å². The molecule has 0 heterocycles. The minimum Gasteiger partial charge on any atom is -0.390 e. The summed E-state index contributed by atoms with van der Waals surface area (Å²) in [5.41, 5.74) is 0. The molecule has 0 aliphatic heterocycles. The maximum absolute atomic E-state index is 8.72. The van der Waals surface area contributed by atoms with Crippen LogP contribution in [-0.4, -0.2) is 28.2 Å². The van der Waals surface area contributed by atoms with Gasteiger partial charge in [0.05, 0.1) is 12.2 Å². The van der Waals surface area contributed by atoms with Crippen LogP contribution in [0.5, 0.6) is 0 Å². The van der Waals surface area contributed by atoms with Gasteiger partial charge in [0.2, 0.25) is 0 Å². The van der Waals surface area contributed by atoms with E-state index in [-0.39, 0.29) is 5.75 Å². The molecule has 4 heteroatoms. The maximum Gasteiger partial charge on any atom is 0.0934 e. The molecule has 2 N–H and O–H groups in total. The summed E-state index contributed by atoms with van der Waals surface area (Å²) in [5, 5.41) is 17.4. The van der Waals surface area contributed by atoms with Gasteiger partial charge < -0.3 is 10.2 Å². The van der Waals surface area contributed by atoms with E-state index in [9.17, 15) is 0 Å². The highest BCUT2D eigenvalue weighted by Crippen LogP contribution is 2.00. The quantitative estimate of drug-likeness (QED) is 0.422. The summed E-state index contributed by atoms with van der Waals surface area (Å²) < 4.78 is 0. The van der Waals surface area contributed by atoms with E-state index in [1.165, 1.54) is 5.75 Å². The summed E-state index contributed by atoms with van der Waals surface area (Å²) in [6.07, 6.45) is -1.66. The van der Waals surface area contributed by atoms with Gasteiger partial charge in [0.1, 0.15) is 0 Å². The summed E-state index contributed by atoms with van der Waals surface area (Å²) in [4.78, 5) is 0. The Bertz CT molecular complexity index is 52.0. The molecule has 0 aliphatic rings. The second-order valence-electron chi connectivity index (χ2n) is 1.39. The molecular weight excluding hydrogens is 144 g/mol. The van der Waals surface area contributed by atoms with Crippen LogP contribution < -0.4 is 0 Å². The van der Waals surface area contributed by atoms with Crippen LogP contribution in [0.1, 0.15) is 0 Å². The zero-order chi connectivity index (χ0) is 6.57. The molecule has 0 aliphatic carbocycles. The lowest BCUT2D eigenvalue weighted by Crippen LogP contribution is -2.26. The van der Waals surface area contributed by atoms with Crippen molar-refractivity contribution in [1.82, 2.24) is 0 Å². The molecule has 0 amide bonds. The fourth-order valence-corrected chi connectivity index (χ4v) is 0.622. The highest BCUT2D eigenvalue weighted by molar-refractivity contribution is 7.82. The Labute approximate surface area is 59.7 Å². The van der Waals surface area contributed by atoms with Gasteiger partial charge in [0.25, 0.3) is 0 Å². The zero-order valence-electron chi connectivity index (χ0n) is 4.23. The van der Waals surface area contributed by atoms with Crippen molar-refractivity contribution in [3.63, 3.8) is 0 Å². The predicted molar refractivity (Wildman–Crippen MR) is 39.2 cm³/mol. The Morgan fingerprint density at radius 2 is 2.00 bits per heavy atom. The van der Waals surface area contributed by atoms with Gasteiger partial charge in [-0.25, -0.2) is 0 Å². The summed E-state index contributed by atoms with van der Waals surface area (Å²) in [7, 11) is 0. The lowest BCUT2D eigenvalue weighted by atomic mass is 10.3. The summed E-state index contributed by atoms with van der Waals surface area (Å²) in [6, 6.07) is 0. The summed E-state index contributed by atoms with van der Waals surface area (Å²) in [6.45, 7) is 0. The second-order valence-corrected chi connectivity index (χ2v) is 2.05. The van der Waals surface area contributed by atoms with E-state index in [4.69, 9.17) is 10.2 Å². The molecule has 0 aromatic carbocycles. The van der Waals surface area contributed by atoms with E-state index in [1.54, 1.807) is 0 Å². The first-order valence-electron chi connectivity index (χ1n) is 2.17. The van der Waals surface area contributed by atoms with Gasteiger partial charge in [-0.15, -0.1) is 0 Å². The Morgan fingerprint density at radius 1 is 1.50 bits per heavy atom. The van der Waals surface area contributed by atoms with Crippen molar-refractivity contribution in [2.45, 2.75) is 12.2 Å². The SMILES string of the molecule is OC([CH]S)C(O)CS. The van der Waals surface area contributed by atoms with Crippen LogP contribution >= 0.6 is 25.3 Å². The maximum atomic E-state index is 8.72. The minimum atomic E-state index is -0.865. The molecular formula is C4H9O2S2. The molecule has 49 valence electrons. The van der Waals surface area contributed by atoms with Gasteiger partial charge in [-0.3, -0.25) is 0 Å². The van der Waals surface area contributed by atoms with E-state index in [2.05, 4.69) is 25.3 Å². The van der Waals surface area contributed by atoms with Gasteiger partial charge in [-0.1, -0.05) is 0 Å². The molecule has 1 radical (unpaired) electrons. The number of hydrogen-bond donors (Lipinski definition) is 4. The van der Waals surface area contributed by atoms with Crippen molar-refractivity contribution in [2.75, 3.05) is 5.75 Å². The van der Waals surface area contributed by atoms with E-state index >= 15 is 0 Å². The van der Waals surface area contributed by atoms with Gasteiger partial charge in [-0.05, 0) is 0 Å². The van der Waals surface area contributed by atoms with E-state index in [0.29, 0.717) is 0 Å². The van der Waals surface area contributed by atoms with Crippen molar-refractivity contribution in [1.29, 1.82) is 0 Å². The van der Waals surface area contributed by atoms with E-state index in [1.807, 2.05) is 0 Å². The molecule has 0 aromatic rings. The van der Waals surface area contributed by atoms with Gasteiger partial charge in [0, 0.05) is 11.5 Å².